The molecule has 0 radical (unpaired) electrons. The van der Waals surface area contributed by atoms with E-state index in [1.807, 2.05) is 0 Å². The SMILES string of the molecule is CCCCCCCCCCCCCCCCCCC(CCCCCCCCCCCCCCC)(CCCCCCCCCCCCCCCCCC)C(CCCCCCCCCCCCCCCCCC)(CCCCCCCCCCCCCCCCCC)C(=O)OCCOCCO. The molecule has 0 unspecified atom stereocenters. The monoisotopic (exact) mass is 1380 g/mol. The van der Waals surface area contributed by atoms with Crippen molar-refractivity contribution in [3.8, 4) is 0 Å². The number of hydrogen-bond acceptors (Lipinski definition) is 4. The first-order valence-electron chi connectivity index (χ1n) is 46.9. The maximum atomic E-state index is 16.1. The molecule has 0 aromatic heterocycles. The predicted octanol–water partition coefficient (Wildman–Crippen LogP) is 33.6. The molecule has 0 aliphatic heterocycles. The summed E-state index contributed by atoms with van der Waals surface area (Å²) in [6.45, 7) is 12.6. The lowest BCUT2D eigenvalue weighted by atomic mass is 9.53. The van der Waals surface area contributed by atoms with Crippen LogP contribution in [0.4, 0.5) is 0 Å². The third kappa shape index (κ3) is 66.1. The molecule has 0 aliphatic carbocycles. The van der Waals surface area contributed by atoms with Crippen LogP contribution >= 0.6 is 0 Å². The number of rotatable bonds is 89. The van der Waals surface area contributed by atoms with Crippen LogP contribution in [0.1, 0.15) is 561 Å². The van der Waals surface area contributed by atoms with E-state index in [2.05, 4.69) is 34.6 Å². The van der Waals surface area contributed by atoms with Gasteiger partial charge < -0.3 is 14.6 Å². The summed E-state index contributed by atoms with van der Waals surface area (Å²) in [6.07, 6.45) is 112. The Morgan fingerprint density at radius 3 is 0.520 bits per heavy atom. The number of esters is 1. The Hall–Kier alpha value is -0.610. The fourth-order valence-electron chi connectivity index (χ4n) is 17.1. The van der Waals surface area contributed by atoms with Gasteiger partial charge in [-0.3, -0.25) is 4.79 Å². The summed E-state index contributed by atoms with van der Waals surface area (Å²) in [4.78, 5) is 16.1. The molecule has 0 aliphatic rings. The third-order valence-corrected chi connectivity index (χ3v) is 23.8. The number of aliphatic hydroxyl groups excluding tert-OH is 1. The van der Waals surface area contributed by atoms with Crippen molar-refractivity contribution in [3.63, 3.8) is 0 Å². The van der Waals surface area contributed by atoms with Gasteiger partial charge in [0.25, 0.3) is 0 Å². The molecule has 0 fully saturated rings. The minimum atomic E-state index is -0.460. The molecule has 1 N–H and O–H groups in total. The zero-order chi connectivity index (χ0) is 70.8. The number of aliphatic hydroxyl groups is 1. The van der Waals surface area contributed by atoms with Crippen LogP contribution in [0.2, 0.25) is 0 Å². The molecule has 0 aromatic carbocycles. The molecule has 0 aromatic rings. The summed E-state index contributed by atoms with van der Waals surface area (Å²) in [5.41, 5.74) is -0.497. The van der Waals surface area contributed by atoms with E-state index in [4.69, 9.17) is 9.47 Å². The minimum absolute atomic E-state index is 0.0112. The standard InChI is InChI=1S/C94H188O4/c1-6-11-16-21-26-31-36-41-45-49-54-59-64-69-74-79-84-93(83-78-73-68-63-58-53-40-35-30-25-20-15-10-5,85-80-75-70-65-60-55-50-46-42-37-32-27-22-17-12-7-2)94(92(96)98-91-90-97-89-88-95,86-81-76-71-66-61-56-51-47-43-38-33-28-23-18-13-8-3)87-82-77-72-67-62-57-52-48-44-39-34-29-24-19-14-9-4/h95H,6-91H2,1-5H3. The topological polar surface area (TPSA) is 55.8 Å². The molecule has 0 rings (SSSR count). The first-order chi connectivity index (χ1) is 48.5. The second-order valence-corrected chi connectivity index (χ2v) is 33.0. The molecule has 4 heteroatoms. The summed E-state index contributed by atoms with van der Waals surface area (Å²) in [5, 5.41) is 9.71. The van der Waals surface area contributed by atoms with Gasteiger partial charge in [0.05, 0.1) is 25.2 Å². The first kappa shape index (κ1) is 97.4. The lowest BCUT2D eigenvalue weighted by Crippen LogP contribution is -2.49. The zero-order valence-electron chi connectivity index (χ0n) is 69.0. The van der Waals surface area contributed by atoms with Crippen LogP contribution in [0, 0.1) is 10.8 Å². The largest absolute Gasteiger partial charge is 0.463 e. The molecule has 0 spiro atoms. The number of carbonyl (C=O) groups excluding carboxylic acids is 1. The fourth-order valence-corrected chi connectivity index (χ4v) is 17.1. The van der Waals surface area contributed by atoms with Crippen LogP contribution in [0.15, 0.2) is 0 Å². The van der Waals surface area contributed by atoms with Crippen LogP contribution in [0.5, 0.6) is 0 Å². The highest BCUT2D eigenvalue weighted by Gasteiger charge is 2.55. The molecule has 588 valence electrons. The quantitative estimate of drug-likeness (QED) is 0.0487. The van der Waals surface area contributed by atoms with E-state index in [1.54, 1.807) is 0 Å². The van der Waals surface area contributed by atoms with Gasteiger partial charge >= 0.3 is 5.97 Å². The zero-order valence-corrected chi connectivity index (χ0v) is 69.0. The van der Waals surface area contributed by atoms with Crippen molar-refractivity contribution in [3.05, 3.63) is 0 Å². The lowest BCUT2D eigenvalue weighted by molar-refractivity contribution is -0.173. The summed E-state index contributed by atoms with van der Waals surface area (Å²) in [7, 11) is 0. The van der Waals surface area contributed by atoms with Crippen molar-refractivity contribution in [2.24, 2.45) is 10.8 Å². The molecule has 0 heterocycles. The molecule has 0 saturated carbocycles. The normalized spacial score (nSPS) is 12.1. The Bertz CT molecular complexity index is 1370. The van der Waals surface area contributed by atoms with E-state index in [0.29, 0.717) is 19.8 Å². The van der Waals surface area contributed by atoms with Crippen molar-refractivity contribution in [2.75, 3.05) is 26.4 Å². The van der Waals surface area contributed by atoms with Crippen LogP contribution in [0.3, 0.4) is 0 Å². The van der Waals surface area contributed by atoms with Gasteiger partial charge in [0, 0.05) is 0 Å². The van der Waals surface area contributed by atoms with E-state index < -0.39 is 5.41 Å². The van der Waals surface area contributed by atoms with Crippen LogP contribution in [-0.4, -0.2) is 37.5 Å². The molecular weight excluding hydrogens is 1190 g/mol. The molecule has 4 nitrogen and oxygen atoms in total. The van der Waals surface area contributed by atoms with Gasteiger partial charge in [-0.05, 0) is 37.5 Å². The van der Waals surface area contributed by atoms with Crippen LogP contribution in [0.25, 0.3) is 0 Å². The maximum Gasteiger partial charge on any atom is 0.312 e. The van der Waals surface area contributed by atoms with E-state index in [9.17, 15) is 5.11 Å². The third-order valence-electron chi connectivity index (χ3n) is 23.8. The average molecular weight is 1380 g/mol. The summed E-state index contributed by atoms with van der Waals surface area (Å²) >= 11 is 0. The van der Waals surface area contributed by atoms with Crippen molar-refractivity contribution in [1.29, 1.82) is 0 Å². The number of ether oxygens (including phenoxy) is 2. The molecule has 0 atom stereocenters. The highest BCUT2D eigenvalue weighted by atomic mass is 16.6. The van der Waals surface area contributed by atoms with Gasteiger partial charge in [-0.25, -0.2) is 0 Å². The van der Waals surface area contributed by atoms with Gasteiger partial charge in [0.2, 0.25) is 0 Å². The molecule has 0 amide bonds. The predicted molar refractivity (Wildman–Crippen MR) is 441 cm³/mol. The van der Waals surface area contributed by atoms with Gasteiger partial charge in [0.15, 0.2) is 0 Å². The summed E-state index contributed by atoms with van der Waals surface area (Å²) in [5.74, 6) is 0.148. The summed E-state index contributed by atoms with van der Waals surface area (Å²) in [6, 6.07) is 0. The average Bonchev–Trinajstić information content (AvgIpc) is 0.756. The van der Waals surface area contributed by atoms with E-state index in [1.165, 1.54) is 501 Å². The van der Waals surface area contributed by atoms with Crippen molar-refractivity contribution < 1.29 is 19.4 Å². The number of hydrogen-bond donors (Lipinski definition) is 1. The van der Waals surface area contributed by atoms with E-state index >= 15 is 4.79 Å². The van der Waals surface area contributed by atoms with Gasteiger partial charge in [-0.2, -0.15) is 0 Å². The minimum Gasteiger partial charge on any atom is -0.463 e. The van der Waals surface area contributed by atoms with E-state index in [0.717, 1.165) is 25.7 Å². The molecule has 0 saturated heterocycles. The van der Waals surface area contributed by atoms with Crippen LogP contribution in [-0.2, 0) is 14.3 Å². The Labute approximate surface area is 620 Å². The summed E-state index contributed by atoms with van der Waals surface area (Å²) < 4.78 is 12.6. The van der Waals surface area contributed by atoms with Gasteiger partial charge in [0.1, 0.15) is 6.61 Å². The Morgan fingerprint density at radius 2 is 0.357 bits per heavy atom. The van der Waals surface area contributed by atoms with Gasteiger partial charge in [-0.15, -0.1) is 0 Å². The van der Waals surface area contributed by atoms with E-state index in [-0.39, 0.29) is 18.0 Å². The molecular formula is C94H188O4. The highest BCUT2D eigenvalue weighted by Crippen LogP contribution is 2.57. The van der Waals surface area contributed by atoms with Crippen LogP contribution < -0.4 is 0 Å². The molecule has 98 heavy (non-hydrogen) atoms. The smallest absolute Gasteiger partial charge is 0.312 e. The second kappa shape index (κ2) is 83.7. The Balaban J connectivity index is 6.77. The fraction of sp³-hybridized carbons (Fsp3) is 0.989. The van der Waals surface area contributed by atoms with Crippen molar-refractivity contribution >= 4 is 5.97 Å². The lowest BCUT2D eigenvalue weighted by Gasteiger charge is -2.51. The number of unbranched alkanes of at least 4 members (excludes halogenated alkanes) is 72. The van der Waals surface area contributed by atoms with Crippen molar-refractivity contribution in [1.82, 2.24) is 0 Å². The van der Waals surface area contributed by atoms with Crippen molar-refractivity contribution in [2.45, 2.75) is 561 Å². The van der Waals surface area contributed by atoms with Gasteiger partial charge in [-0.1, -0.05) is 529 Å². The molecule has 0 bridgehead atoms. The first-order valence-corrected chi connectivity index (χ1v) is 46.9. The Kier molecular flexibility index (Phi) is 83.1. The Morgan fingerprint density at radius 1 is 0.204 bits per heavy atom. The maximum absolute atomic E-state index is 16.1. The highest BCUT2D eigenvalue weighted by molar-refractivity contribution is 5.78. The second-order valence-electron chi connectivity index (χ2n) is 33.0. The number of carbonyl (C=O) groups is 1.